The number of hydrogen-bond acceptors (Lipinski definition) is 4. The highest BCUT2D eigenvalue weighted by molar-refractivity contribution is 5.76. The van der Waals surface area contributed by atoms with E-state index in [2.05, 4.69) is 55.6 Å². The van der Waals surface area contributed by atoms with Gasteiger partial charge < -0.3 is 20.6 Å². The van der Waals surface area contributed by atoms with Crippen LogP contribution in [0.15, 0.2) is 48.6 Å². The summed E-state index contributed by atoms with van der Waals surface area (Å²) < 4.78 is 0. The van der Waals surface area contributed by atoms with Crippen molar-refractivity contribution >= 4 is 5.91 Å². The van der Waals surface area contributed by atoms with Gasteiger partial charge in [0, 0.05) is 0 Å². The van der Waals surface area contributed by atoms with E-state index in [9.17, 15) is 20.1 Å². The minimum absolute atomic E-state index is 0.00363. The lowest BCUT2D eigenvalue weighted by molar-refractivity contribution is -0.124. The van der Waals surface area contributed by atoms with Crippen molar-refractivity contribution in [1.82, 2.24) is 5.32 Å². The van der Waals surface area contributed by atoms with E-state index in [0.717, 1.165) is 51.4 Å². The molecule has 0 rings (SSSR count). The number of amides is 1. The van der Waals surface area contributed by atoms with Crippen LogP contribution in [0, 0.1) is 0 Å². The maximum atomic E-state index is 12.5. The fraction of sp³-hybridized carbons (Fsp3) is 0.836. The zero-order valence-corrected chi connectivity index (χ0v) is 40.1. The van der Waals surface area contributed by atoms with E-state index in [1.807, 2.05) is 6.08 Å². The maximum Gasteiger partial charge on any atom is 0.222 e. The molecule has 0 aliphatic carbocycles. The van der Waals surface area contributed by atoms with Crippen molar-refractivity contribution in [3.05, 3.63) is 48.6 Å². The molecule has 3 atom stereocenters. The van der Waals surface area contributed by atoms with Crippen LogP contribution in [-0.2, 0) is 4.79 Å². The largest absolute Gasteiger partial charge is 0.394 e. The predicted molar refractivity (Wildman–Crippen MR) is 264 cm³/mol. The molecule has 0 aromatic carbocycles. The smallest absolute Gasteiger partial charge is 0.222 e. The normalized spacial score (nSPS) is 13.8. The molecule has 0 radical (unpaired) electrons. The molecular formula is C55H103NO4. The summed E-state index contributed by atoms with van der Waals surface area (Å²) in [5.41, 5.74) is 0. The van der Waals surface area contributed by atoms with Crippen LogP contribution in [0.4, 0.5) is 0 Å². The Kier molecular flexibility index (Phi) is 48.6. The molecule has 0 spiro atoms. The van der Waals surface area contributed by atoms with Crippen LogP contribution in [0.5, 0.6) is 0 Å². The molecule has 0 saturated carbocycles. The number of carbonyl (C=O) groups is 1. The van der Waals surface area contributed by atoms with Gasteiger partial charge >= 0.3 is 0 Å². The van der Waals surface area contributed by atoms with E-state index in [0.29, 0.717) is 6.42 Å². The minimum Gasteiger partial charge on any atom is -0.394 e. The Balaban J connectivity index is 3.68. The quantitative estimate of drug-likeness (QED) is 0.0363. The molecule has 1 amide bonds. The third kappa shape index (κ3) is 45.8. The van der Waals surface area contributed by atoms with Gasteiger partial charge in [0.15, 0.2) is 0 Å². The van der Waals surface area contributed by atoms with Gasteiger partial charge in [0.1, 0.15) is 0 Å². The lowest BCUT2D eigenvalue weighted by atomic mass is 10.0. The fourth-order valence-electron chi connectivity index (χ4n) is 8.01. The average molecular weight is 842 g/mol. The third-order valence-electron chi connectivity index (χ3n) is 12.1. The average Bonchev–Trinajstić information content (AvgIpc) is 3.24. The summed E-state index contributed by atoms with van der Waals surface area (Å²) >= 11 is 0. The Bertz CT molecular complexity index is 974. The molecule has 0 aromatic heterocycles. The molecule has 0 bridgehead atoms. The second-order valence-corrected chi connectivity index (χ2v) is 18.1. The second kappa shape index (κ2) is 50.0. The van der Waals surface area contributed by atoms with E-state index in [1.165, 1.54) is 193 Å². The summed E-state index contributed by atoms with van der Waals surface area (Å²) in [6.07, 6.45) is 65.7. The van der Waals surface area contributed by atoms with Gasteiger partial charge in [-0.25, -0.2) is 0 Å². The van der Waals surface area contributed by atoms with E-state index < -0.39 is 18.2 Å². The molecule has 4 N–H and O–H groups in total. The van der Waals surface area contributed by atoms with Gasteiger partial charge in [0.25, 0.3) is 0 Å². The van der Waals surface area contributed by atoms with Gasteiger partial charge in [-0.3, -0.25) is 4.79 Å². The summed E-state index contributed by atoms with van der Waals surface area (Å²) in [5.74, 6) is -0.333. The molecule has 5 nitrogen and oxygen atoms in total. The third-order valence-corrected chi connectivity index (χ3v) is 12.1. The van der Waals surface area contributed by atoms with Gasteiger partial charge in [-0.15, -0.1) is 0 Å². The first kappa shape index (κ1) is 58.3. The van der Waals surface area contributed by atoms with Crippen molar-refractivity contribution < 1.29 is 20.1 Å². The minimum atomic E-state index is -0.964. The van der Waals surface area contributed by atoms with Crippen LogP contribution < -0.4 is 5.32 Å². The fourth-order valence-corrected chi connectivity index (χ4v) is 8.01. The number of aliphatic hydroxyl groups is 3. The number of unbranched alkanes of at least 4 members (excludes halogenated alkanes) is 33. The van der Waals surface area contributed by atoms with Crippen LogP contribution in [0.3, 0.4) is 0 Å². The zero-order valence-electron chi connectivity index (χ0n) is 40.1. The highest BCUT2D eigenvalue weighted by Crippen LogP contribution is 2.16. The van der Waals surface area contributed by atoms with Gasteiger partial charge in [-0.05, 0) is 70.6 Å². The van der Waals surface area contributed by atoms with Gasteiger partial charge in [0.05, 0.1) is 31.3 Å². The summed E-state index contributed by atoms with van der Waals surface area (Å²) in [5, 5.41) is 33.4. The zero-order chi connectivity index (χ0) is 43.7. The molecule has 0 saturated heterocycles. The summed E-state index contributed by atoms with van der Waals surface area (Å²) in [6.45, 7) is 4.22. The number of carbonyl (C=O) groups excluding carboxylic acids is 1. The Morgan fingerprint density at radius 3 is 1.07 bits per heavy atom. The second-order valence-electron chi connectivity index (χ2n) is 18.1. The van der Waals surface area contributed by atoms with E-state index in [4.69, 9.17) is 0 Å². The van der Waals surface area contributed by atoms with Crippen molar-refractivity contribution in [2.24, 2.45) is 0 Å². The Morgan fingerprint density at radius 2 is 0.717 bits per heavy atom. The Labute approximate surface area is 374 Å². The molecule has 352 valence electrons. The molecule has 0 aliphatic rings. The highest BCUT2D eigenvalue weighted by Gasteiger charge is 2.20. The maximum absolute atomic E-state index is 12.5. The van der Waals surface area contributed by atoms with Gasteiger partial charge in [0.2, 0.25) is 5.91 Å². The van der Waals surface area contributed by atoms with Crippen molar-refractivity contribution in [3.63, 3.8) is 0 Å². The van der Waals surface area contributed by atoms with Gasteiger partial charge in [-0.1, -0.05) is 242 Å². The molecule has 60 heavy (non-hydrogen) atoms. The summed E-state index contributed by atoms with van der Waals surface area (Å²) in [4.78, 5) is 12.5. The molecule has 0 heterocycles. The Morgan fingerprint density at radius 1 is 0.417 bits per heavy atom. The topological polar surface area (TPSA) is 89.8 Å². The molecule has 0 aromatic rings. The number of aliphatic hydroxyl groups excluding tert-OH is 3. The highest BCUT2D eigenvalue weighted by atomic mass is 16.3. The van der Waals surface area contributed by atoms with Crippen LogP contribution in [0.1, 0.15) is 271 Å². The number of hydrogen-bond donors (Lipinski definition) is 4. The van der Waals surface area contributed by atoms with Crippen LogP contribution >= 0.6 is 0 Å². The first-order valence-electron chi connectivity index (χ1n) is 26.4. The predicted octanol–water partition coefficient (Wildman–Crippen LogP) is 16.1. The first-order valence-corrected chi connectivity index (χ1v) is 26.4. The summed E-state index contributed by atoms with van der Waals surface area (Å²) in [6, 6.07) is -0.772. The van der Waals surface area contributed by atoms with E-state index in [-0.39, 0.29) is 18.9 Å². The number of rotatable bonds is 48. The van der Waals surface area contributed by atoms with Gasteiger partial charge in [-0.2, -0.15) is 0 Å². The standard InChI is InChI=1S/C55H103NO4/c1-3-5-7-9-11-13-15-17-19-21-23-25-26-27-28-29-31-33-35-37-39-41-43-45-47-49-54(59)53(51-57)56-55(60)50-52(58)48-46-44-42-40-38-36-34-32-30-24-22-20-18-16-14-12-10-8-6-4-2/h31-34,39,41,47,49,52-54,57-59H,3-30,35-38,40,42-46,48,50-51H2,1-2H3,(H,56,60)/b33-31+,34-32-,41-39+,49-47+. The summed E-state index contributed by atoms with van der Waals surface area (Å²) in [7, 11) is 0. The molecule has 3 unspecified atom stereocenters. The Hall–Kier alpha value is -1.69. The number of allylic oxidation sites excluding steroid dienone is 7. The molecule has 0 aliphatic heterocycles. The monoisotopic (exact) mass is 842 g/mol. The number of nitrogens with one attached hydrogen (secondary N) is 1. The molecule has 0 fully saturated rings. The molecular weight excluding hydrogens is 739 g/mol. The van der Waals surface area contributed by atoms with Crippen molar-refractivity contribution in [2.75, 3.05) is 6.61 Å². The SMILES string of the molecule is CCCCCCCCCCCCC/C=C\CCCCCCCC(O)CC(=O)NC(CO)C(O)/C=C/CC/C=C/CC/C=C/CCCCCCCCCCCCCCCCC. The van der Waals surface area contributed by atoms with Crippen LogP contribution in [0.2, 0.25) is 0 Å². The molecule has 5 heteroatoms. The van der Waals surface area contributed by atoms with E-state index in [1.54, 1.807) is 6.08 Å². The van der Waals surface area contributed by atoms with Crippen molar-refractivity contribution in [3.8, 4) is 0 Å². The van der Waals surface area contributed by atoms with Crippen LogP contribution in [-0.4, -0.2) is 46.1 Å². The lowest BCUT2D eigenvalue weighted by Crippen LogP contribution is -2.45. The van der Waals surface area contributed by atoms with Crippen molar-refractivity contribution in [2.45, 2.75) is 289 Å². The van der Waals surface area contributed by atoms with E-state index >= 15 is 0 Å². The lowest BCUT2D eigenvalue weighted by Gasteiger charge is -2.20. The van der Waals surface area contributed by atoms with Crippen molar-refractivity contribution in [1.29, 1.82) is 0 Å². The first-order chi connectivity index (χ1) is 29.5. The van der Waals surface area contributed by atoms with Crippen LogP contribution in [0.25, 0.3) is 0 Å².